The van der Waals surface area contributed by atoms with Crippen molar-refractivity contribution in [1.82, 2.24) is 29.5 Å². The second-order valence-corrected chi connectivity index (χ2v) is 6.60. The fraction of sp³-hybridized carbons (Fsp3) is 0.222. The van der Waals surface area contributed by atoms with Gasteiger partial charge in [-0.15, -0.1) is 0 Å². The lowest BCUT2D eigenvalue weighted by Gasteiger charge is -2.33. The summed E-state index contributed by atoms with van der Waals surface area (Å²) in [6.45, 7) is 0.319. The molecule has 0 aromatic carbocycles. The maximum Gasteiger partial charge on any atom is 0.418 e. The molecule has 1 aliphatic rings. The first-order valence-electron chi connectivity index (χ1n) is 8.70. The molecule has 148 valence electrons. The largest absolute Gasteiger partial charge is 0.438 e. The van der Waals surface area contributed by atoms with Crippen LogP contribution in [0.15, 0.2) is 47.7 Å². The quantitative estimate of drug-likeness (QED) is 0.557. The molecule has 0 aliphatic carbocycles. The Morgan fingerprint density at radius 2 is 2.21 bits per heavy atom. The van der Waals surface area contributed by atoms with Crippen molar-refractivity contribution in [3.8, 4) is 0 Å². The number of fused-ring (bicyclic) bond motifs is 2. The van der Waals surface area contributed by atoms with E-state index in [-0.39, 0.29) is 17.0 Å². The second kappa shape index (κ2) is 6.19. The van der Waals surface area contributed by atoms with E-state index in [1.807, 2.05) is 0 Å². The van der Waals surface area contributed by atoms with Gasteiger partial charge in [-0.1, -0.05) is 0 Å². The molecule has 1 unspecified atom stereocenters. The minimum atomic E-state index is -4.53. The molecule has 1 aliphatic heterocycles. The summed E-state index contributed by atoms with van der Waals surface area (Å²) in [5.74, 6) is -0.400. The molecule has 4 aromatic rings. The van der Waals surface area contributed by atoms with Crippen LogP contribution < -0.4 is 0 Å². The number of nitrogens with zero attached hydrogens (tertiary/aromatic N) is 5. The molecule has 0 bridgehead atoms. The van der Waals surface area contributed by atoms with E-state index in [4.69, 9.17) is 4.42 Å². The van der Waals surface area contributed by atoms with Gasteiger partial charge in [-0.2, -0.15) is 18.3 Å². The Bertz CT molecular complexity index is 1190. The zero-order chi connectivity index (χ0) is 20.2. The molecule has 11 heteroatoms. The van der Waals surface area contributed by atoms with Crippen molar-refractivity contribution in [3.63, 3.8) is 0 Å². The van der Waals surface area contributed by atoms with Crippen LogP contribution in [0.2, 0.25) is 0 Å². The van der Waals surface area contributed by atoms with Crippen molar-refractivity contribution < 1.29 is 22.4 Å². The van der Waals surface area contributed by atoms with Crippen LogP contribution in [-0.2, 0) is 12.6 Å². The van der Waals surface area contributed by atoms with Gasteiger partial charge in [-0.05, 0) is 18.2 Å². The predicted octanol–water partition coefficient (Wildman–Crippen LogP) is 2.85. The van der Waals surface area contributed by atoms with Gasteiger partial charge in [0, 0.05) is 24.9 Å². The van der Waals surface area contributed by atoms with Crippen LogP contribution in [0.1, 0.15) is 39.2 Å². The van der Waals surface area contributed by atoms with Crippen LogP contribution in [0.25, 0.3) is 5.52 Å². The first-order valence-corrected chi connectivity index (χ1v) is 8.70. The molecule has 0 spiro atoms. The summed E-state index contributed by atoms with van der Waals surface area (Å²) in [5, 5.41) is 4.33. The molecule has 8 nitrogen and oxygen atoms in total. The van der Waals surface area contributed by atoms with E-state index in [0.29, 0.717) is 18.7 Å². The maximum absolute atomic E-state index is 13.4. The lowest BCUT2D eigenvalue weighted by atomic mass is 9.99. The number of nitrogens with one attached hydrogen (secondary N) is 1. The highest BCUT2D eigenvalue weighted by Gasteiger charge is 2.38. The number of aromatic nitrogens is 5. The Labute approximate surface area is 161 Å². The third kappa shape index (κ3) is 2.77. The van der Waals surface area contributed by atoms with Crippen LogP contribution >= 0.6 is 0 Å². The molecule has 1 N–H and O–H groups in total. The molecule has 0 fully saturated rings. The number of oxazole rings is 1. The Kier molecular flexibility index (Phi) is 3.73. The average molecular weight is 402 g/mol. The summed E-state index contributed by atoms with van der Waals surface area (Å²) in [4.78, 5) is 25.5. The third-order valence-corrected chi connectivity index (χ3v) is 4.94. The van der Waals surface area contributed by atoms with Crippen molar-refractivity contribution in [3.05, 3.63) is 71.7 Å². The Balaban J connectivity index is 1.66. The van der Waals surface area contributed by atoms with E-state index in [0.717, 1.165) is 22.7 Å². The smallest absolute Gasteiger partial charge is 0.418 e. The highest BCUT2D eigenvalue weighted by Crippen LogP contribution is 2.37. The minimum absolute atomic E-state index is 0.0359. The molecule has 0 saturated heterocycles. The van der Waals surface area contributed by atoms with Crippen LogP contribution in [0.3, 0.4) is 0 Å². The van der Waals surface area contributed by atoms with Gasteiger partial charge in [-0.3, -0.25) is 4.79 Å². The van der Waals surface area contributed by atoms with Crippen LogP contribution in [0.4, 0.5) is 13.2 Å². The average Bonchev–Trinajstić information content (AvgIpc) is 3.45. The maximum atomic E-state index is 13.4. The van der Waals surface area contributed by atoms with Crippen LogP contribution in [0, 0.1) is 0 Å². The van der Waals surface area contributed by atoms with E-state index in [1.54, 1.807) is 0 Å². The lowest BCUT2D eigenvalue weighted by molar-refractivity contribution is -0.136. The van der Waals surface area contributed by atoms with Gasteiger partial charge in [0.25, 0.3) is 5.91 Å². The van der Waals surface area contributed by atoms with Crippen LogP contribution in [-0.4, -0.2) is 41.9 Å². The molecule has 0 radical (unpaired) electrons. The van der Waals surface area contributed by atoms with Gasteiger partial charge in [-0.25, -0.2) is 14.5 Å². The molecule has 29 heavy (non-hydrogen) atoms. The predicted molar refractivity (Wildman–Crippen MR) is 91.9 cm³/mol. The zero-order valence-corrected chi connectivity index (χ0v) is 14.7. The standard InChI is InChI=1S/C18H13F3N6O2/c19-18(20,21)10-2-1-4-27-13(10)6-12(25-27)16-15-11(23-8-24-15)3-5-26(16)17(28)14-7-22-9-29-14/h1-2,4,6-9,16H,3,5H2,(H,23,24). The summed E-state index contributed by atoms with van der Waals surface area (Å²) in [5.41, 5.74) is 0.739. The molecular weight excluding hydrogens is 389 g/mol. The van der Waals surface area contributed by atoms with Gasteiger partial charge >= 0.3 is 6.18 Å². The van der Waals surface area contributed by atoms with E-state index in [1.165, 1.54) is 35.8 Å². The molecule has 1 amide bonds. The number of hydrogen-bond acceptors (Lipinski definition) is 5. The number of rotatable bonds is 2. The third-order valence-electron chi connectivity index (χ3n) is 4.94. The number of amides is 1. The Morgan fingerprint density at radius 3 is 2.97 bits per heavy atom. The molecule has 0 saturated carbocycles. The fourth-order valence-electron chi connectivity index (χ4n) is 3.67. The summed E-state index contributed by atoms with van der Waals surface area (Å²) >= 11 is 0. The number of carbonyl (C=O) groups excluding carboxylic acids is 1. The van der Waals surface area contributed by atoms with Crippen molar-refractivity contribution >= 4 is 11.4 Å². The number of halogens is 3. The number of H-pyrrole nitrogens is 1. The highest BCUT2D eigenvalue weighted by molar-refractivity contribution is 5.92. The first-order chi connectivity index (χ1) is 13.9. The molecular formula is C18H13F3N6O2. The minimum Gasteiger partial charge on any atom is -0.438 e. The van der Waals surface area contributed by atoms with E-state index < -0.39 is 23.7 Å². The van der Waals surface area contributed by atoms with Gasteiger partial charge in [0.2, 0.25) is 5.76 Å². The van der Waals surface area contributed by atoms with E-state index in [9.17, 15) is 18.0 Å². The topological polar surface area (TPSA) is 92.3 Å². The van der Waals surface area contributed by atoms with Crippen LogP contribution in [0.5, 0.6) is 0 Å². The van der Waals surface area contributed by atoms with E-state index in [2.05, 4.69) is 20.1 Å². The van der Waals surface area contributed by atoms with Crippen molar-refractivity contribution in [2.75, 3.05) is 6.54 Å². The molecule has 4 aromatic heterocycles. The number of aromatic amines is 1. The molecule has 5 heterocycles. The number of carbonyl (C=O) groups is 1. The Hall–Kier alpha value is -3.63. The monoisotopic (exact) mass is 402 g/mol. The van der Waals surface area contributed by atoms with Gasteiger partial charge in [0.05, 0.1) is 35.0 Å². The molecule has 1 atom stereocenters. The summed E-state index contributed by atoms with van der Waals surface area (Å²) < 4.78 is 46.5. The highest BCUT2D eigenvalue weighted by atomic mass is 19.4. The fourth-order valence-corrected chi connectivity index (χ4v) is 3.67. The second-order valence-electron chi connectivity index (χ2n) is 6.60. The normalized spacial score (nSPS) is 16.9. The summed E-state index contributed by atoms with van der Waals surface area (Å²) in [6, 6.07) is 2.87. The van der Waals surface area contributed by atoms with Crippen molar-refractivity contribution in [2.24, 2.45) is 0 Å². The Morgan fingerprint density at radius 1 is 1.34 bits per heavy atom. The van der Waals surface area contributed by atoms with Crippen molar-refractivity contribution in [1.29, 1.82) is 0 Å². The number of imidazole rings is 1. The summed E-state index contributed by atoms with van der Waals surface area (Å²) in [6.07, 6.45) is 1.37. The van der Waals surface area contributed by atoms with E-state index >= 15 is 0 Å². The molecule has 5 rings (SSSR count). The number of pyridine rings is 1. The summed E-state index contributed by atoms with van der Waals surface area (Å²) in [7, 11) is 0. The number of alkyl halides is 3. The van der Waals surface area contributed by atoms with Gasteiger partial charge < -0.3 is 14.3 Å². The zero-order valence-electron chi connectivity index (χ0n) is 14.7. The SMILES string of the molecule is O=C(c1cnco1)N1CCc2[nH]cnc2C1c1cc2c(C(F)(F)F)cccn2n1. The van der Waals surface area contributed by atoms with Crippen molar-refractivity contribution in [2.45, 2.75) is 18.6 Å². The van der Waals surface area contributed by atoms with Gasteiger partial charge in [0.15, 0.2) is 6.39 Å². The number of hydrogen-bond donors (Lipinski definition) is 1. The first kappa shape index (κ1) is 17.5. The van der Waals surface area contributed by atoms with Gasteiger partial charge in [0.1, 0.15) is 6.04 Å². The lowest BCUT2D eigenvalue weighted by Crippen LogP contribution is -2.40.